The number of rotatable bonds is 5. The summed E-state index contributed by atoms with van der Waals surface area (Å²) < 4.78 is 11.8. The van der Waals surface area contributed by atoms with Gasteiger partial charge in [0.05, 0.1) is 20.3 Å². The van der Waals surface area contributed by atoms with Crippen LogP contribution < -0.4 is 20.7 Å². The van der Waals surface area contributed by atoms with Gasteiger partial charge in [-0.25, -0.2) is 0 Å². The molecule has 3 unspecified atom stereocenters. The first-order chi connectivity index (χ1) is 10.2. The van der Waals surface area contributed by atoms with Gasteiger partial charge >= 0.3 is 0 Å². The highest BCUT2D eigenvalue weighted by Crippen LogP contribution is 2.61. The van der Waals surface area contributed by atoms with E-state index in [0.29, 0.717) is 5.92 Å². The van der Waals surface area contributed by atoms with Gasteiger partial charge in [-0.2, -0.15) is 0 Å². The topological polar surface area (TPSA) is 56.5 Å². The third-order valence-electron chi connectivity index (χ3n) is 5.14. The molecule has 0 aliphatic heterocycles. The van der Waals surface area contributed by atoms with Crippen molar-refractivity contribution in [2.45, 2.75) is 31.7 Å². The number of halogens is 1. The summed E-state index contributed by atoms with van der Waals surface area (Å²) in [5.41, 5.74) is 4.15. The molecule has 0 aromatic heterocycles. The molecular formula is C16H23BrN2O2. The second kappa shape index (κ2) is 6.15. The number of hydrogen-bond acceptors (Lipinski definition) is 4. The Morgan fingerprint density at radius 2 is 1.86 bits per heavy atom. The van der Waals surface area contributed by atoms with Crippen molar-refractivity contribution in [2.24, 2.45) is 23.6 Å². The van der Waals surface area contributed by atoms with Gasteiger partial charge in [-0.3, -0.25) is 11.3 Å². The van der Waals surface area contributed by atoms with Gasteiger partial charge in [0.1, 0.15) is 16.0 Å². The Kier molecular flexibility index (Phi) is 4.43. The van der Waals surface area contributed by atoms with Crippen molar-refractivity contribution in [3.8, 4) is 11.5 Å². The highest BCUT2D eigenvalue weighted by Gasteiger charge is 2.54. The summed E-state index contributed by atoms with van der Waals surface area (Å²) in [5.74, 6) is 9.77. The predicted molar refractivity (Wildman–Crippen MR) is 86.2 cm³/mol. The smallest absolute Gasteiger partial charge is 0.141 e. The molecule has 5 heteroatoms. The Balaban J connectivity index is 1.92. The van der Waals surface area contributed by atoms with E-state index in [0.717, 1.165) is 33.4 Å². The van der Waals surface area contributed by atoms with E-state index >= 15 is 0 Å². The first-order valence-corrected chi connectivity index (χ1v) is 8.38. The minimum absolute atomic E-state index is 0.148. The fraction of sp³-hybridized carbons (Fsp3) is 0.625. The van der Waals surface area contributed by atoms with E-state index in [1.807, 2.05) is 6.07 Å². The Morgan fingerprint density at radius 3 is 2.38 bits per heavy atom. The van der Waals surface area contributed by atoms with Crippen LogP contribution in [0, 0.1) is 17.8 Å². The van der Waals surface area contributed by atoms with Crippen LogP contribution in [0.4, 0.5) is 0 Å². The monoisotopic (exact) mass is 354 g/mol. The lowest BCUT2D eigenvalue weighted by Crippen LogP contribution is -2.30. The van der Waals surface area contributed by atoms with Crippen molar-refractivity contribution in [3.63, 3.8) is 0 Å². The molecule has 2 aliphatic carbocycles. The zero-order chi connectivity index (χ0) is 15.0. The lowest BCUT2D eigenvalue weighted by atomic mass is 9.99. The van der Waals surface area contributed by atoms with Gasteiger partial charge < -0.3 is 9.47 Å². The summed E-state index contributed by atoms with van der Waals surface area (Å²) >= 11 is 3.58. The van der Waals surface area contributed by atoms with E-state index in [1.165, 1.54) is 25.7 Å². The van der Waals surface area contributed by atoms with E-state index in [-0.39, 0.29) is 6.04 Å². The minimum atomic E-state index is 0.148. The molecule has 0 radical (unpaired) electrons. The van der Waals surface area contributed by atoms with Crippen molar-refractivity contribution in [1.29, 1.82) is 0 Å². The third-order valence-corrected chi connectivity index (χ3v) is 5.89. The van der Waals surface area contributed by atoms with E-state index in [4.69, 9.17) is 15.3 Å². The quantitative estimate of drug-likeness (QED) is 0.628. The lowest BCUT2D eigenvalue weighted by molar-refractivity contribution is 0.371. The molecule has 3 atom stereocenters. The van der Waals surface area contributed by atoms with Crippen LogP contribution in [0.3, 0.4) is 0 Å². The van der Waals surface area contributed by atoms with Crippen LogP contribution in [-0.4, -0.2) is 14.2 Å². The summed E-state index contributed by atoms with van der Waals surface area (Å²) in [6, 6.07) is 4.19. The second-order valence-electron chi connectivity index (χ2n) is 6.04. The minimum Gasteiger partial charge on any atom is -0.495 e. The second-order valence-corrected chi connectivity index (χ2v) is 6.83. The molecule has 3 rings (SSSR count). The fourth-order valence-corrected chi connectivity index (χ4v) is 4.80. The molecule has 0 heterocycles. The number of benzene rings is 1. The number of methoxy groups -OCH3 is 2. The zero-order valence-electron chi connectivity index (χ0n) is 12.6. The highest BCUT2D eigenvalue weighted by atomic mass is 79.9. The van der Waals surface area contributed by atoms with Crippen molar-refractivity contribution in [3.05, 3.63) is 22.2 Å². The number of hydrogen-bond donors (Lipinski definition) is 2. The van der Waals surface area contributed by atoms with Gasteiger partial charge in [-0.1, -0.05) is 12.8 Å². The van der Waals surface area contributed by atoms with Gasteiger partial charge in [-0.05, 0) is 58.7 Å². The third kappa shape index (κ3) is 2.56. The fourth-order valence-electron chi connectivity index (χ4n) is 4.11. The van der Waals surface area contributed by atoms with Crippen LogP contribution in [-0.2, 0) is 0 Å². The lowest BCUT2D eigenvalue weighted by Gasteiger charge is -2.21. The Bertz CT molecular complexity index is 511. The molecule has 0 saturated heterocycles. The number of fused-ring (bicyclic) bond motifs is 1. The maximum Gasteiger partial charge on any atom is 0.141 e. The summed E-state index contributed by atoms with van der Waals surface area (Å²) in [5, 5.41) is 0. The highest BCUT2D eigenvalue weighted by molar-refractivity contribution is 9.10. The molecule has 21 heavy (non-hydrogen) atoms. The average molecular weight is 355 g/mol. The molecule has 2 aliphatic rings. The molecule has 3 N–H and O–H groups in total. The Morgan fingerprint density at radius 1 is 1.19 bits per heavy atom. The summed E-state index contributed by atoms with van der Waals surface area (Å²) in [7, 11) is 3.35. The van der Waals surface area contributed by atoms with Crippen molar-refractivity contribution < 1.29 is 9.47 Å². The largest absolute Gasteiger partial charge is 0.495 e. The van der Waals surface area contributed by atoms with Gasteiger partial charge in [0.15, 0.2) is 0 Å². The molecule has 0 spiro atoms. The van der Waals surface area contributed by atoms with Crippen LogP contribution in [0.1, 0.15) is 37.3 Å². The molecule has 0 bridgehead atoms. The normalized spacial score (nSPS) is 28.7. The predicted octanol–water partition coefficient (Wildman–Crippen LogP) is 3.41. The molecule has 4 nitrogen and oxygen atoms in total. The SMILES string of the molecule is COc1ccc(C(NN)C2C3CCCCC32)c(OC)c1Br. The number of ether oxygens (including phenoxy) is 2. The number of nitrogens with two attached hydrogens (primary N) is 1. The van der Waals surface area contributed by atoms with E-state index in [2.05, 4.69) is 27.4 Å². The van der Waals surface area contributed by atoms with Crippen LogP contribution in [0.2, 0.25) is 0 Å². The maximum absolute atomic E-state index is 5.89. The first kappa shape index (κ1) is 15.1. The zero-order valence-corrected chi connectivity index (χ0v) is 14.2. The van der Waals surface area contributed by atoms with E-state index in [9.17, 15) is 0 Å². The first-order valence-electron chi connectivity index (χ1n) is 7.59. The van der Waals surface area contributed by atoms with E-state index in [1.54, 1.807) is 14.2 Å². The molecule has 2 fully saturated rings. The molecule has 0 amide bonds. The molecule has 1 aromatic rings. The summed E-state index contributed by atoms with van der Waals surface area (Å²) in [4.78, 5) is 0. The molecular weight excluding hydrogens is 332 g/mol. The van der Waals surface area contributed by atoms with Gasteiger partial charge in [0.2, 0.25) is 0 Å². The van der Waals surface area contributed by atoms with Crippen LogP contribution in [0.5, 0.6) is 11.5 Å². The summed E-state index contributed by atoms with van der Waals surface area (Å²) in [6.45, 7) is 0. The molecule has 116 valence electrons. The van der Waals surface area contributed by atoms with Crippen LogP contribution in [0.15, 0.2) is 16.6 Å². The van der Waals surface area contributed by atoms with Gasteiger partial charge in [0, 0.05) is 5.56 Å². The Labute approximate surface area is 134 Å². The molecule has 2 saturated carbocycles. The van der Waals surface area contributed by atoms with Crippen LogP contribution in [0.25, 0.3) is 0 Å². The number of nitrogens with one attached hydrogen (secondary N) is 1. The van der Waals surface area contributed by atoms with Crippen molar-refractivity contribution >= 4 is 15.9 Å². The van der Waals surface area contributed by atoms with Gasteiger partial charge in [-0.15, -0.1) is 0 Å². The van der Waals surface area contributed by atoms with Gasteiger partial charge in [0.25, 0.3) is 0 Å². The molecule has 1 aromatic carbocycles. The summed E-state index contributed by atoms with van der Waals surface area (Å²) in [6.07, 6.45) is 5.40. The van der Waals surface area contributed by atoms with Crippen LogP contribution >= 0.6 is 15.9 Å². The number of hydrazine groups is 1. The standard InChI is InChI=1S/C16H23BrN2O2/c1-20-12-8-7-11(16(21-2)14(12)17)15(19-18)13-9-5-3-4-6-10(9)13/h7-10,13,15,19H,3-6,18H2,1-2H3. The Hall–Kier alpha value is -0.780. The van der Waals surface area contributed by atoms with Crippen molar-refractivity contribution in [2.75, 3.05) is 14.2 Å². The van der Waals surface area contributed by atoms with Crippen molar-refractivity contribution in [1.82, 2.24) is 5.43 Å². The average Bonchev–Trinajstić information content (AvgIpc) is 3.23. The van der Waals surface area contributed by atoms with E-state index < -0.39 is 0 Å². The maximum atomic E-state index is 5.89.